The fraction of sp³-hybridized carbons (Fsp3) is 0.562. The molecule has 0 atom stereocenters. The Bertz CT molecular complexity index is 439. The molecular formula is C16H25N3O2. The van der Waals surface area contributed by atoms with Gasteiger partial charge in [0.1, 0.15) is 0 Å². The minimum absolute atomic E-state index is 0.0487. The Hall–Kier alpha value is -1.43. The Labute approximate surface area is 126 Å². The second-order valence-electron chi connectivity index (χ2n) is 5.63. The van der Waals surface area contributed by atoms with Crippen LogP contribution >= 0.6 is 0 Å². The molecule has 1 aliphatic rings. The summed E-state index contributed by atoms with van der Waals surface area (Å²) in [6.45, 7) is 3.30. The molecule has 1 fully saturated rings. The molecule has 1 heterocycles. The third-order valence-electron chi connectivity index (χ3n) is 3.91. The predicted molar refractivity (Wildman–Crippen MR) is 83.9 cm³/mol. The number of aliphatic hydroxyl groups is 1. The van der Waals surface area contributed by atoms with Crippen LogP contribution in [-0.4, -0.2) is 41.7 Å². The van der Waals surface area contributed by atoms with Crippen molar-refractivity contribution in [2.24, 2.45) is 5.73 Å². The van der Waals surface area contributed by atoms with Crippen LogP contribution in [0.15, 0.2) is 24.3 Å². The predicted octanol–water partition coefficient (Wildman–Crippen LogP) is 1.32. The van der Waals surface area contributed by atoms with Crippen LogP contribution in [0.4, 0.5) is 5.69 Å². The van der Waals surface area contributed by atoms with E-state index in [-0.39, 0.29) is 12.0 Å². The normalized spacial score (nSPS) is 16.9. The molecule has 1 aromatic carbocycles. The monoisotopic (exact) mass is 291 g/mol. The lowest BCUT2D eigenvalue weighted by atomic mass is 10.1. The van der Waals surface area contributed by atoms with E-state index in [1.54, 1.807) is 0 Å². The summed E-state index contributed by atoms with van der Waals surface area (Å²) in [6, 6.07) is 7.61. The summed E-state index contributed by atoms with van der Waals surface area (Å²) in [5, 5.41) is 12.3. The van der Waals surface area contributed by atoms with Crippen molar-refractivity contribution < 1.29 is 9.90 Å². The molecule has 5 heteroatoms. The summed E-state index contributed by atoms with van der Waals surface area (Å²) < 4.78 is 0. The number of hydrogen-bond acceptors (Lipinski definition) is 4. The molecule has 1 aromatic rings. The molecule has 1 saturated heterocycles. The number of nitrogens with two attached hydrogens (primary N) is 1. The molecule has 0 aromatic heterocycles. The van der Waals surface area contributed by atoms with Crippen LogP contribution in [0.5, 0.6) is 0 Å². The van der Waals surface area contributed by atoms with Crippen LogP contribution in [0.3, 0.4) is 0 Å². The number of benzene rings is 1. The largest absolute Gasteiger partial charge is 0.393 e. The maximum absolute atomic E-state index is 11.9. The zero-order chi connectivity index (χ0) is 15.1. The molecular weight excluding hydrogens is 266 g/mol. The van der Waals surface area contributed by atoms with E-state index in [9.17, 15) is 9.90 Å². The van der Waals surface area contributed by atoms with Gasteiger partial charge in [-0.2, -0.15) is 0 Å². The Morgan fingerprint density at radius 1 is 1.29 bits per heavy atom. The minimum atomic E-state index is -0.138. The molecule has 1 aliphatic heterocycles. The molecule has 0 spiro atoms. The van der Waals surface area contributed by atoms with Crippen molar-refractivity contribution in [2.45, 2.75) is 38.3 Å². The highest BCUT2D eigenvalue weighted by Crippen LogP contribution is 2.12. The molecule has 21 heavy (non-hydrogen) atoms. The van der Waals surface area contributed by atoms with Gasteiger partial charge < -0.3 is 21.1 Å². The van der Waals surface area contributed by atoms with Crippen molar-refractivity contribution in [2.75, 3.05) is 25.0 Å². The third kappa shape index (κ3) is 5.46. The number of amides is 1. The molecule has 0 aliphatic carbocycles. The molecule has 0 unspecified atom stereocenters. The smallest absolute Gasteiger partial charge is 0.224 e. The first-order valence-electron chi connectivity index (χ1n) is 7.66. The SMILES string of the molecule is NCc1ccc(NC(=O)CCCN2CCC(O)CC2)cc1. The number of nitrogens with zero attached hydrogens (tertiary/aromatic N) is 1. The number of aliphatic hydroxyl groups excluding tert-OH is 1. The Balaban J connectivity index is 1.65. The average Bonchev–Trinajstić information content (AvgIpc) is 2.50. The summed E-state index contributed by atoms with van der Waals surface area (Å²) in [4.78, 5) is 14.2. The van der Waals surface area contributed by atoms with Gasteiger partial charge in [0, 0.05) is 31.7 Å². The first kappa shape index (κ1) is 15.9. The van der Waals surface area contributed by atoms with Gasteiger partial charge in [-0.1, -0.05) is 12.1 Å². The lowest BCUT2D eigenvalue weighted by Gasteiger charge is -2.29. The van der Waals surface area contributed by atoms with E-state index in [0.717, 1.165) is 50.1 Å². The quantitative estimate of drug-likeness (QED) is 0.738. The maximum atomic E-state index is 11.9. The number of carbonyl (C=O) groups excluding carboxylic acids is 1. The van der Waals surface area contributed by atoms with Crippen molar-refractivity contribution >= 4 is 11.6 Å². The van der Waals surface area contributed by atoms with Gasteiger partial charge in [-0.15, -0.1) is 0 Å². The Morgan fingerprint density at radius 2 is 1.95 bits per heavy atom. The Morgan fingerprint density at radius 3 is 2.57 bits per heavy atom. The van der Waals surface area contributed by atoms with E-state index in [0.29, 0.717) is 13.0 Å². The van der Waals surface area contributed by atoms with E-state index in [4.69, 9.17) is 5.73 Å². The summed E-state index contributed by atoms with van der Waals surface area (Å²) >= 11 is 0. The van der Waals surface area contributed by atoms with Gasteiger partial charge in [0.15, 0.2) is 0 Å². The molecule has 0 saturated carbocycles. The van der Waals surface area contributed by atoms with Gasteiger partial charge in [-0.3, -0.25) is 4.79 Å². The van der Waals surface area contributed by atoms with Crippen molar-refractivity contribution in [1.29, 1.82) is 0 Å². The van der Waals surface area contributed by atoms with Gasteiger partial charge >= 0.3 is 0 Å². The van der Waals surface area contributed by atoms with E-state index in [1.807, 2.05) is 24.3 Å². The number of nitrogens with one attached hydrogen (secondary N) is 1. The topological polar surface area (TPSA) is 78.6 Å². The first-order chi connectivity index (χ1) is 10.2. The first-order valence-corrected chi connectivity index (χ1v) is 7.66. The minimum Gasteiger partial charge on any atom is -0.393 e. The molecule has 116 valence electrons. The number of likely N-dealkylation sites (tertiary alicyclic amines) is 1. The third-order valence-corrected chi connectivity index (χ3v) is 3.91. The van der Waals surface area contributed by atoms with Crippen LogP contribution in [0.25, 0.3) is 0 Å². The van der Waals surface area contributed by atoms with Crippen LogP contribution in [-0.2, 0) is 11.3 Å². The molecule has 0 radical (unpaired) electrons. The van der Waals surface area contributed by atoms with Crippen LogP contribution in [0, 0.1) is 0 Å². The standard InChI is InChI=1S/C16H25N3O2/c17-12-13-3-5-14(6-4-13)18-16(21)2-1-9-19-10-7-15(20)8-11-19/h3-6,15,20H,1-2,7-12,17H2,(H,18,21). The van der Waals surface area contributed by atoms with Crippen molar-refractivity contribution in [1.82, 2.24) is 4.90 Å². The van der Waals surface area contributed by atoms with E-state index >= 15 is 0 Å². The Kier molecular flexibility index (Phi) is 6.17. The van der Waals surface area contributed by atoms with Crippen molar-refractivity contribution in [3.63, 3.8) is 0 Å². The highest BCUT2D eigenvalue weighted by molar-refractivity contribution is 5.90. The maximum Gasteiger partial charge on any atom is 0.224 e. The lowest BCUT2D eigenvalue weighted by Crippen LogP contribution is -2.36. The van der Waals surface area contributed by atoms with E-state index in [2.05, 4.69) is 10.2 Å². The summed E-state index contributed by atoms with van der Waals surface area (Å²) in [5.74, 6) is 0.0487. The second kappa shape index (κ2) is 8.12. The van der Waals surface area contributed by atoms with Crippen molar-refractivity contribution in [3.8, 4) is 0 Å². The number of carbonyl (C=O) groups is 1. The average molecular weight is 291 g/mol. The van der Waals surface area contributed by atoms with Crippen LogP contribution in [0.2, 0.25) is 0 Å². The number of anilines is 1. The lowest BCUT2D eigenvalue weighted by molar-refractivity contribution is -0.116. The van der Waals surface area contributed by atoms with E-state index in [1.165, 1.54) is 0 Å². The van der Waals surface area contributed by atoms with Gasteiger partial charge in [-0.05, 0) is 43.5 Å². The van der Waals surface area contributed by atoms with Crippen LogP contribution < -0.4 is 11.1 Å². The van der Waals surface area contributed by atoms with Crippen LogP contribution in [0.1, 0.15) is 31.2 Å². The summed E-state index contributed by atoms with van der Waals surface area (Å²) in [6.07, 6.45) is 2.93. The fourth-order valence-corrected chi connectivity index (χ4v) is 2.55. The molecule has 4 N–H and O–H groups in total. The summed E-state index contributed by atoms with van der Waals surface area (Å²) in [7, 11) is 0. The van der Waals surface area contributed by atoms with Gasteiger partial charge in [-0.25, -0.2) is 0 Å². The molecule has 2 rings (SSSR count). The molecule has 1 amide bonds. The molecule has 5 nitrogen and oxygen atoms in total. The highest BCUT2D eigenvalue weighted by Gasteiger charge is 2.16. The molecule has 0 bridgehead atoms. The zero-order valence-electron chi connectivity index (χ0n) is 12.4. The number of rotatable bonds is 6. The zero-order valence-corrected chi connectivity index (χ0v) is 12.4. The van der Waals surface area contributed by atoms with Gasteiger partial charge in [0.2, 0.25) is 5.91 Å². The van der Waals surface area contributed by atoms with Crippen molar-refractivity contribution in [3.05, 3.63) is 29.8 Å². The van der Waals surface area contributed by atoms with Gasteiger partial charge in [0.25, 0.3) is 0 Å². The fourth-order valence-electron chi connectivity index (χ4n) is 2.55. The number of piperidine rings is 1. The highest BCUT2D eigenvalue weighted by atomic mass is 16.3. The van der Waals surface area contributed by atoms with E-state index < -0.39 is 0 Å². The summed E-state index contributed by atoms with van der Waals surface area (Å²) in [5.41, 5.74) is 7.41. The number of hydrogen-bond donors (Lipinski definition) is 3. The second-order valence-corrected chi connectivity index (χ2v) is 5.63. The van der Waals surface area contributed by atoms with Gasteiger partial charge in [0.05, 0.1) is 6.10 Å².